The highest BCUT2D eigenvalue weighted by Gasteiger charge is 2.30. The SMILES string of the molecule is CCOC(C)(CC)C(=O)CCCOC. The molecule has 1 atom stereocenters. The molecule has 0 heterocycles. The molecule has 0 saturated heterocycles. The van der Waals surface area contributed by atoms with Crippen LogP contribution in [0.15, 0.2) is 0 Å². The maximum absolute atomic E-state index is 11.8. The van der Waals surface area contributed by atoms with Crippen molar-refractivity contribution in [2.45, 2.75) is 45.6 Å². The molecule has 14 heavy (non-hydrogen) atoms. The topological polar surface area (TPSA) is 35.5 Å². The average Bonchev–Trinajstić information content (AvgIpc) is 2.18. The Kier molecular flexibility index (Phi) is 6.75. The van der Waals surface area contributed by atoms with Gasteiger partial charge in [-0.05, 0) is 26.7 Å². The monoisotopic (exact) mass is 202 g/mol. The van der Waals surface area contributed by atoms with Crippen molar-refractivity contribution in [3.63, 3.8) is 0 Å². The first-order chi connectivity index (χ1) is 6.60. The lowest BCUT2D eigenvalue weighted by Crippen LogP contribution is -2.37. The van der Waals surface area contributed by atoms with E-state index in [0.717, 1.165) is 12.8 Å². The molecule has 0 aromatic carbocycles. The lowest BCUT2D eigenvalue weighted by molar-refractivity contribution is -0.142. The Morgan fingerprint density at radius 2 is 2.00 bits per heavy atom. The van der Waals surface area contributed by atoms with E-state index < -0.39 is 5.60 Å². The van der Waals surface area contributed by atoms with Crippen LogP contribution in [-0.2, 0) is 14.3 Å². The van der Waals surface area contributed by atoms with E-state index in [4.69, 9.17) is 9.47 Å². The Bertz CT molecular complexity index is 168. The normalized spacial score (nSPS) is 15.1. The van der Waals surface area contributed by atoms with Gasteiger partial charge >= 0.3 is 0 Å². The van der Waals surface area contributed by atoms with Crippen molar-refractivity contribution in [3.8, 4) is 0 Å². The van der Waals surface area contributed by atoms with Gasteiger partial charge in [0.05, 0.1) is 0 Å². The van der Waals surface area contributed by atoms with Gasteiger partial charge in [-0.3, -0.25) is 4.79 Å². The zero-order chi connectivity index (χ0) is 11.0. The van der Waals surface area contributed by atoms with E-state index in [1.165, 1.54) is 0 Å². The second-order valence-corrected chi connectivity index (χ2v) is 3.54. The summed E-state index contributed by atoms with van der Waals surface area (Å²) >= 11 is 0. The molecule has 0 aromatic heterocycles. The zero-order valence-electron chi connectivity index (χ0n) is 9.76. The van der Waals surface area contributed by atoms with Crippen LogP contribution in [0.3, 0.4) is 0 Å². The van der Waals surface area contributed by atoms with Crippen molar-refractivity contribution < 1.29 is 14.3 Å². The van der Waals surface area contributed by atoms with Gasteiger partial charge in [0.15, 0.2) is 5.78 Å². The summed E-state index contributed by atoms with van der Waals surface area (Å²) in [5, 5.41) is 0. The smallest absolute Gasteiger partial charge is 0.164 e. The summed E-state index contributed by atoms with van der Waals surface area (Å²) in [6.07, 6.45) is 2.04. The third-order valence-electron chi connectivity index (χ3n) is 2.48. The first-order valence-electron chi connectivity index (χ1n) is 5.27. The Morgan fingerprint density at radius 3 is 2.43 bits per heavy atom. The van der Waals surface area contributed by atoms with Crippen molar-refractivity contribution in [2.75, 3.05) is 20.3 Å². The molecule has 0 radical (unpaired) electrons. The molecule has 0 N–H and O–H groups in total. The molecule has 0 bridgehead atoms. The van der Waals surface area contributed by atoms with Gasteiger partial charge < -0.3 is 9.47 Å². The van der Waals surface area contributed by atoms with Crippen LogP contribution in [0.4, 0.5) is 0 Å². The Hall–Kier alpha value is -0.410. The number of rotatable bonds is 8. The third-order valence-corrected chi connectivity index (χ3v) is 2.48. The van der Waals surface area contributed by atoms with E-state index in [1.54, 1.807) is 7.11 Å². The van der Waals surface area contributed by atoms with E-state index in [2.05, 4.69) is 0 Å². The van der Waals surface area contributed by atoms with Gasteiger partial charge in [-0.1, -0.05) is 6.92 Å². The molecule has 0 spiro atoms. The molecule has 0 fully saturated rings. The predicted octanol–water partition coefficient (Wildman–Crippen LogP) is 2.19. The van der Waals surface area contributed by atoms with E-state index >= 15 is 0 Å². The molecule has 0 aliphatic rings. The van der Waals surface area contributed by atoms with E-state index in [1.807, 2.05) is 20.8 Å². The summed E-state index contributed by atoms with van der Waals surface area (Å²) in [6, 6.07) is 0. The lowest BCUT2D eigenvalue weighted by atomic mass is 9.94. The van der Waals surface area contributed by atoms with Crippen LogP contribution < -0.4 is 0 Å². The van der Waals surface area contributed by atoms with E-state index in [9.17, 15) is 4.79 Å². The minimum absolute atomic E-state index is 0.180. The zero-order valence-corrected chi connectivity index (χ0v) is 9.76. The number of carbonyl (C=O) groups excluding carboxylic acids is 1. The molecular weight excluding hydrogens is 180 g/mol. The van der Waals surface area contributed by atoms with Crippen LogP contribution in [0.1, 0.15) is 40.0 Å². The number of ether oxygens (including phenoxy) is 2. The van der Waals surface area contributed by atoms with Crippen LogP contribution in [0.2, 0.25) is 0 Å². The summed E-state index contributed by atoms with van der Waals surface area (Å²) < 4.78 is 10.4. The Labute approximate surface area is 86.8 Å². The Balaban J connectivity index is 4.03. The highest BCUT2D eigenvalue weighted by molar-refractivity contribution is 5.86. The molecular formula is C11H22O3. The first-order valence-corrected chi connectivity index (χ1v) is 5.27. The van der Waals surface area contributed by atoms with Gasteiger partial charge in [-0.15, -0.1) is 0 Å². The average molecular weight is 202 g/mol. The summed E-state index contributed by atoms with van der Waals surface area (Å²) in [5.41, 5.74) is -0.595. The summed E-state index contributed by atoms with van der Waals surface area (Å²) in [4.78, 5) is 11.8. The molecule has 0 saturated carbocycles. The highest BCUT2D eigenvalue weighted by atomic mass is 16.5. The third kappa shape index (κ3) is 4.20. The highest BCUT2D eigenvalue weighted by Crippen LogP contribution is 2.19. The molecule has 84 valence electrons. The van der Waals surface area contributed by atoms with Crippen molar-refractivity contribution in [3.05, 3.63) is 0 Å². The Morgan fingerprint density at radius 1 is 1.36 bits per heavy atom. The predicted molar refractivity (Wildman–Crippen MR) is 56.4 cm³/mol. The molecule has 0 aliphatic carbocycles. The first kappa shape index (κ1) is 13.6. The number of ketones is 1. The fourth-order valence-corrected chi connectivity index (χ4v) is 1.34. The number of methoxy groups -OCH3 is 1. The summed E-state index contributed by atoms with van der Waals surface area (Å²) in [5.74, 6) is 0.180. The van der Waals surface area contributed by atoms with Crippen LogP contribution in [0.5, 0.6) is 0 Å². The van der Waals surface area contributed by atoms with E-state index in [0.29, 0.717) is 19.6 Å². The molecule has 3 heteroatoms. The summed E-state index contributed by atoms with van der Waals surface area (Å²) in [7, 11) is 1.64. The van der Waals surface area contributed by atoms with E-state index in [-0.39, 0.29) is 5.78 Å². The molecule has 0 amide bonds. The van der Waals surface area contributed by atoms with Gasteiger partial charge in [-0.2, -0.15) is 0 Å². The number of hydrogen-bond acceptors (Lipinski definition) is 3. The number of carbonyl (C=O) groups is 1. The van der Waals surface area contributed by atoms with Crippen molar-refractivity contribution in [1.82, 2.24) is 0 Å². The van der Waals surface area contributed by atoms with Crippen molar-refractivity contribution in [1.29, 1.82) is 0 Å². The van der Waals surface area contributed by atoms with Crippen LogP contribution in [0.25, 0.3) is 0 Å². The number of hydrogen-bond donors (Lipinski definition) is 0. The lowest BCUT2D eigenvalue weighted by Gasteiger charge is -2.26. The second-order valence-electron chi connectivity index (χ2n) is 3.54. The van der Waals surface area contributed by atoms with Gasteiger partial charge in [0.1, 0.15) is 5.60 Å². The molecule has 0 aliphatic heterocycles. The van der Waals surface area contributed by atoms with Gasteiger partial charge in [0, 0.05) is 26.7 Å². The molecule has 0 rings (SSSR count). The maximum Gasteiger partial charge on any atom is 0.164 e. The van der Waals surface area contributed by atoms with Gasteiger partial charge in [-0.25, -0.2) is 0 Å². The molecule has 3 nitrogen and oxygen atoms in total. The van der Waals surface area contributed by atoms with Crippen molar-refractivity contribution in [2.24, 2.45) is 0 Å². The minimum atomic E-state index is -0.595. The van der Waals surface area contributed by atoms with Gasteiger partial charge in [0.25, 0.3) is 0 Å². The second kappa shape index (κ2) is 6.96. The minimum Gasteiger partial charge on any atom is -0.385 e. The van der Waals surface area contributed by atoms with Crippen LogP contribution in [0, 0.1) is 0 Å². The maximum atomic E-state index is 11.8. The van der Waals surface area contributed by atoms with Gasteiger partial charge in [0.2, 0.25) is 0 Å². The summed E-state index contributed by atoms with van der Waals surface area (Å²) in [6.45, 7) is 6.98. The fourth-order valence-electron chi connectivity index (χ4n) is 1.34. The molecule has 0 aromatic rings. The standard InChI is InChI=1S/C11H22O3/c1-5-11(3,14-6-2)10(12)8-7-9-13-4/h5-9H2,1-4H3. The number of Topliss-reactive ketones (excluding diaryl/α,β-unsaturated/α-hetero) is 1. The van der Waals surface area contributed by atoms with Crippen LogP contribution >= 0.6 is 0 Å². The molecule has 1 unspecified atom stereocenters. The largest absolute Gasteiger partial charge is 0.385 e. The quantitative estimate of drug-likeness (QED) is 0.566. The van der Waals surface area contributed by atoms with Crippen molar-refractivity contribution >= 4 is 5.78 Å². The fraction of sp³-hybridized carbons (Fsp3) is 0.909. The van der Waals surface area contributed by atoms with Crippen LogP contribution in [-0.4, -0.2) is 31.7 Å².